The van der Waals surface area contributed by atoms with E-state index in [0.29, 0.717) is 6.61 Å². The Morgan fingerprint density at radius 3 is 1.33 bits per heavy atom. The summed E-state index contributed by atoms with van der Waals surface area (Å²) in [6, 6.07) is 0. The number of carbonyl (C=O) groups excluding carboxylic acids is 1. The number of hydrogen-bond donors (Lipinski definition) is 0. The summed E-state index contributed by atoms with van der Waals surface area (Å²) in [6.45, 7) is 2.18. The maximum absolute atomic E-state index is 10.0. The second kappa shape index (κ2) is 10.6. The van der Waals surface area contributed by atoms with Gasteiger partial charge in [0.15, 0.2) is 0 Å². The molecule has 1 fully saturated rings. The van der Waals surface area contributed by atoms with Gasteiger partial charge in [0.05, 0.1) is 0 Å². The van der Waals surface area contributed by atoms with E-state index in [0.717, 1.165) is 0 Å². The fraction of sp³-hybridized carbons (Fsp3) is 0.750. The van der Waals surface area contributed by atoms with Gasteiger partial charge in [0.1, 0.15) is 12.7 Å². The minimum absolute atomic E-state index is 0. The maximum atomic E-state index is 10.0. The molecule has 0 N–H and O–H groups in total. The van der Waals surface area contributed by atoms with Crippen molar-refractivity contribution >= 4 is 43.9 Å². The van der Waals surface area contributed by atoms with Gasteiger partial charge in [-0.2, -0.15) is 0 Å². The van der Waals surface area contributed by atoms with E-state index < -0.39 is 26.6 Å². The summed E-state index contributed by atoms with van der Waals surface area (Å²) in [5, 5.41) is 0. The van der Waals surface area contributed by atoms with Crippen LogP contribution < -0.4 is 37.3 Å². The van der Waals surface area contributed by atoms with E-state index in [4.69, 9.17) is 37.3 Å². The van der Waals surface area contributed by atoms with Gasteiger partial charge in [0.25, 0.3) is 0 Å². The van der Waals surface area contributed by atoms with E-state index in [9.17, 15) is 4.79 Å². The van der Waals surface area contributed by atoms with Gasteiger partial charge in [0, 0.05) is 0 Å². The van der Waals surface area contributed by atoms with Gasteiger partial charge >= 0.3 is 43.9 Å². The van der Waals surface area contributed by atoms with Crippen LogP contribution in [0.2, 0.25) is 0 Å². The van der Waals surface area contributed by atoms with Gasteiger partial charge in [-0.05, 0) is 6.92 Å². The SMILES string of the molecule is CC1COC(=O)O1.[Ca+2].[O-][Cl+3]([O-])([O-])[O-].[O-][Cl+3]([O-])([O-])[O-]. The third kappa shape index (κ3) is 43.7. The van der Waals surface area contributed by atoms with Gasteiger partial charge in [-0.1, -0.05) is 0 Å². The summed E-state index contributed by atoms with van der Waals surface area (Å²) >= 11 is 0. The summed E-state index contributed by atoms with van der Waals surface area (Å²) in [5.41, 5.74) is 0. The van der Waals surface area contributed by atoms with Gasteiger partial charge in [-0.3, -0.25) is 0 Å². The molecule has 0 aliphatic carbocycles. The summed E-state index contributed by atoms with van der Waals surface area (Å²) < 4.78 is 76.8. The van der Waals surface area contributed by atoms with Crippen molar-refractivity contribution in [1.82, 2.24) is 0 Å². The molecular weight excluding hydrogens is 335 g/mol. The molecule has 1 heterocycles. The first-order chi connectivity index (χ1) is 7.29. The number of carbonyl (C=O) groups is 1. The van der Waals surface area contributed by atoms with Crippen LogP contribution in [0.1, 0.15) is 6.92 Å². The Balaban J connectivity index is -0.000000188. The molecule has 0 aromatic heterocycles. The summed E-state index contributed by atoms with van der Waals surface area (Å²) in [4.78, 5) is 10.0. The van der Waals surface area contributed by atoms with Crippen LogP contribution in [-0.4, -0.2) is 56.6 Å². The Hall–Kier alpha value is 0.790. The fourth-order valence-corrected chi connectivity index (χ4v) is 0.418. The van der Waals surface area contributed by atoms with Crippen molar-refractivity contribution in [3.63, 3.8) is 0 Å². The van der Waals surface area contributed by atoms with Gasteiger partial charge in [-0.25, -0.2) is 42.1 Å². The normalized spacial score (nSPS) is 18.1. The third-order valence-corrected chi connectivity index (χ3v) is 0.733. The molecule has 104 valence electrons. The first-order valence-corrected chi connectivity index (χ1v) is 5.83. The number of rotatable bonds is 0. The van der Waals surface area contributed by atoms with Crippen molar-refractivity contribution in [2.45, 2.75) is 13.0 Å². The van der Waals surface area contributed by atoms with Crippen molar-refractivity contribution < 1.29 is 72.0 Å². The molecule has 1 aliphatic rings. The minimum Gasteiger partial charge on any atom is -0.430 e. The molecule has 1 unspecified atom stereocenters. The van der Waals surface area contributed by atoms with E-state index in [1.807, 2.05) is 0 Å². The van der Waals surface area contributed by atoms with Crippen molar-refractivity contribution in [3.8, 4) is 0 Å². The molecule has 1 rings (SSSR count). The molecule has 0 aromatic rings. The molecule has 1 saturated heterocycles. The van der Waals surface area contributed by atoms with Crippen LogP contribution in [0.4, 0.5) is 4.79 Å². The first kappa shape index (κ1) is 23.9. The van der Waals surface area contributed by atoms with Crippen LogP contribution in [0.25, 0.3) is 0 Å². The van der Waals surface area contributed by atoms with Crippen LogP contribution >= 0.6 is 0 Å². The molecule has 0 aromatic carbocycles. The molecule has 11 nitrogen and oxygen atoms in total. The van der Waals surface area contributed by atoms with Crippen molar-refractivity contribution in [2.24, 2.45) is 0 Å². The molecule has 0 amide bonds. The Morgan fingerprint density at radius 2 is 1.28 bits per heavy atom. The predicted molar refractivity (Wildman–Crippen MR) is 27.6 cm³/mol. The van der Waals surface area contributed by atoms with E-state index in [2.05, 4.69) is 9.47 Å². The Kier molecular flexibility index (Phi) is 14.0. The van der Waals surface area contributed by atoms with E-state index >= 15 is 0 Å². The van der Waals surface area contributed by atoms with Crippen LogP contribution in [-0.2, 0) is 9.47 Å². The van der Waals surface area contributed by atoms with Crippen molar-refractivity contribution in [1.29, 1.82) is 0 Å². The standard InChI is InChI=1S/C4H6O3.Ca.2ClHO4/c1-3-2-6-4(5)7-3;;2*2-1(3,4)5/h3H,2H2,1H3;;2*(H,2,3,4,5)/q;+2;;/p-2. The zero-order valence-electron chi connectivity index (χ0n) is 8.74. The van der Waals surface area contributed by atoms with Crippen molar-refractivity contribution in [3.05, 3.63) is 0 Å². The average Bonchev–Trinajstić information content (AvgIpc) is 2.26. The number of hydrogen-bond acceptors (Lipinski definition) is 11. The Morgan fingerprint density at radius 1 is 1.00 bits per heavy atom. The third-order valence-electron chi connectivity index (χ3n) is 0.733. The molecule has 1 atom stereocenters. The summed E-state index contributed by atoms with van der Waals surface area (Å²) in [5.74, 6) is 0. The van der Waals surface area contributed by atoms with Gasteiger partial charge in [-0.15, -0.1) is 20.5 Å². The largest absolute Gasteiger partial charge is 2.00 e. The topological polar surface area (TPSA) is 220 Å². The van der Waals surface area contributed by atoms with Crippen LogP contribution in [0.15, 0.2) is 0 Å². The second-order valence-electron chi connectivity index (χ2n) is 2.25. The van der Waals surface area contributed by atoms with Gasteiger partial charge in [0.2, 0.25) is 0 Å². The predicted octanol–water partition coefficient (Wildman–Crippen LogP) is -9.35. The van der Waals surface area contributed by atoms with E-state index in [1.165, 1.54) is 0 Å². The second-order valence-corrected chi connectivity index (χ2v) is 3.76. The van der Waals surface area contributed by atoms with E-state index in [1.54, 1.807) is 6.92 Å². The quantitative estimate of drug-likeness (QED) is 0.297. The molecular formula is C4H6CaCl2O11. The molecule has 0 radical (unpaired) electrons. The molecule has 18 heavy (non-hydrogen) atoms. The summed E-state index contributed by atoms with van der Waals surface area (Å²) in [6.07, 6.45) is -0.597. The smallest absolute Gasteiger partial charge is 0.430 e. The van der Waals surface area contributed by atoms with E-state index in [-0.39, 0.29) is 43.8 Å². The maximum Gasteiger partial charge on any atom is 2.00 e. The zero-order chi connectivity index (χ0) is 14.3. The molecule has 0 spiro atoms. The monoisotopic (exact) mass is 340 g/mol. The van der Waals surface area contributed by atoms with Gasteiger partial charge < -0.3 is 9.47 Å². The zero-order valence-corrected chi connectivity index (χ0v) is 12.5. The fourth-order valence-electron chi connectivity index (χ4n) is 0.418. The van der Waals surface area contributed by atoms with Crippen LogP contribution in [0.3, 0.4) is 0 Å². The Labute approximate surface area is 135 Å². The first-order valence-electron chi connectivity index (χ1n) is 3.36. The molecule has 1 aliphatic heterocycles. The minimum atomic E-state index is -4.94. The number of ether oxygens (including phenoxy) is 2. The number of cyclic esters (lactones) is 2. The van der Waals surface area contributed by atoms with Crippen molar-refractivity contribution in [2.75, 3.05) is 6.61 Å². The number of halogens is 2. The Bertz CT molecular complexity index is 200. The molecule has 0 saturated carbocycles. The summed E-state index contributed by atoms with van der Waals surface area (Å²) in [7, 11) is -9.89. The van der Waals surface area contributed by atoms with Crippen LogP contribution in [0, 0.1) is 20.5 Å². The molecule has 14 heteroatoms. The average molecular weight is 341 g/mol. The molecule has 0 bridgehead atoms. The van der Waals surface area contributed by atoms with Crippen LogP contribution in [0.5, 0.6) is 0 Å².